The van der Waals surface area contributed by atoms with Gasteiger partial charge in [0, 0.05) is 19.0 Å². The van der Waals surface area contributed by atoms with Gasteiger partial charge in [0.1, 0.15) is 6.04 Å². The van der Waals surface area contributed by atoms with Crippen LogP contribution in [0, 0.1) is 5.92 Å². The van der Waals surface area contributed by atoms with Gasteiger partial charge in [-0.1, -0.05) is 6.07 Å². The van der Waals surface area contributed by atoms with Crippen molar-refractivity contribution in [1.29, 1.82) is 0 Å². The van der Waals surface area contributed by atoms with Crippen LogP contribution in [0.25, 0.3) is 0 Å². The minimum Gasteiger partial charge on any atom is -0.467 e. The van der Waals surface area contributed by atoms with E-state index in [1.54, 1.807) is 15.9 Å². The van der Waals surface area contributed by atoms with Crippen LogP contribution in [-0.4, -0.2) is 73.5 Å². The van der Waals surface area contributed by atoms with Gasteiger partial charge in [0.05, 0.1) is 18.5 Å². The van der Waals surface area contributed by atoms with Gasteiger partial charge in [0.15, 0.2) is 0 Å². The highest BCUT2D eigenvalue weighted by Gasteiger charge is 2.40. The highest BCUT2D eigenvalue weighted by Crippen LogP contribution is 2.22. The second-order valence-electron chi connectivity index (χ2n) is 6.32. The normalized spacial score (nSPS) is 21.9. The van der Waals surface area contributed by atoms with Crippen LogP contribution in [0.15, 0.2) is 17.5 Å². The summed E-state index contributed by atoms with van der Waals surface area (Å²) in [6.45, 7) is 2.60. The molecule has 1 N–H and O–H groups in total. The molecule has 2 aliphatic heterocycles. The fourth-order valence-corrected chi connectivity index (χ4v) is 4.12. The molecule has 0 aromatic carbocycles. The van der Waals surface area contributed by atoms with E-state index in [-0.39, 0.29) is 24.3 Å². The maximum Gasteiger partial charge on any atom is 0.330 e. The van der Waals surface area contributed by atoms with Crippen LogP contribution in [0.2, 0.25) is 0 Å². The van der Waals surface area contributed by atoms with Crippen LogP contribution in [0.4, 0.5) is 0 Å². The van der Waals surface area contributed by atoms with Crippen LogP contribution in [0.3, 0.4) is 0 Å². The number of rotatable bonds is 3. The Bertz CT molecular complexity index is 628. The van der Waals surface area contributed by atoms with Crippen molar-refractivity contribution in [2.45, 2.75) is 18.9 Å². The molecule has 2 saturated heterocycles. The topological polar surface area (TPSA) is 79.0 Å². The molecule has 0 aliphatic carbocycles. The van der Waals surface area contributed by atoms with Crippen molar-refractivity contribution in [3.63, 3.8) is 0 Å². The summed E-state index contributed by atoms with van der Waals surface area (Å²) < 4.78 is 4.90. The van der Waals surface area contributed by atoms with Crippen molar-refractivity contribution in [2.24, 2.45) is 5.92 Å². The van der Waals surface area contributed by atoms with Crippen LogP contribution in [0.5, 0.6) is 0 Å². The monoisotopic (exact) mass is 365 g/mol. The lowest BCUT2D eigenvalue weighted by Gasteiger charge is -2.41. The number of piperazine rings is 1. The highest BCUT2D eigenvalue weighted by molar-refractivity contribution is 7.12. The first-order chi connectivity index (χ1) is 12.1. The van der Waals surface area contributed by atoms with Gasteiger partial charge in [0.25, 0.3) is 5.91 Å². The summed E-state index contributed by atoms with van der Waals surface area (Å²) in [5.41, 5.74) is 0. The second kappa shape index (κ2) is 7.97. The quantitative estimate of drug-likeness (QED) is 0.793. The molecule has 1 atom stereocenters. The SMILES string of the molecule is COC(=O)[C@H]1CN(C(=O)c2cccs2)CCN1C(=O)C1CCNCC1. The molecule has 1 aromatic rings. The molecule has 2 fully saturated rings. The molecule has 1 aromatic heterocycles. The van der Waals surface area contributed by atoms with Crippen LogP contribution < -0.4 is 5.32 Å². The number of nitrogens with one attached hydrogen (secondary N) is 1. The van der Waals surface area contributed by atoms with Crippen molar-refractivity contribution >= 4 is 29.1 Å². The zero-order valence-corrected chi connectivity index (χ0v) is 15.1. The predicted octanol–water partition coefficient (Wildman–Crippen LogP) is 0.574. The van der Waals surface area contributed by atoms with Crippen molar-refractivity contribution < 1.29 is 19.1 Å². The van der Waals surface area contributed by atoms with Gasteiger partial charge in [-0.15, -0.1) is 11.3 Å². The average Bonchev–Trinajstić information content (AvgIpc) is 3.21. The van der Waals surface area contributed by atoms with Crippen molar-refractivity contribution in [2.75, 3.05) is 39.8 Å². The molecule has 136 valence electrons. The lowest BCUT2D eigenvalue weighted by atomic mass is 9.95. The summed E-state index contributed by atoms with van der Waals surface area (Å²) in [5.74, 6) is -0.628. The summed E-state index contributed by atoms with van der Waals surface area (Å²) in [7, 11) is 1.32. The van der Waals surface area contributed by atoms with Gasteiger partial charge in [-0.25, -0.2) is 4.79 Å². The standard InChI is InChI=1S/C17H23N3O4S/c1-24-17(23)13-11-19(16(22)14-3-2-10-25-14)8-9-20(13)15(21)12-4-6-18-7-5-12/h2-3,10,12-13,18H,4-9,11H2,1H3/t13-/m1/s1. The van der Waals surface area contributed by atoms with Crippen molar-refractivity contribution in [3.8, 4) is 0 Å². The van der Waals surface area contributed by atoms with Gasteiger partial charge in [-0.05, 0) is 37.4 Å². The number of carbonyl (C=O) groups is 3. The number of carbonyl (C=O) groups excluding carboxylic acids is 3. The molecule has 25 heavy (non-hydrogen) atoms. The number of hydrogen-bond donors (Lipinski definition) is 1. The maximum absolute atomic E-state index is 12.9. The highest BCUT2D eigenvalue weighted by atomic mass is 32.1. The number of nitrogens with zero attached hydrogens (tertiary/aromatic N) is 2. The molecule has 0 spiro atoms. The minimum atomic E-state index is -0.731. The van der Waals surface area contributed by atoms with E-state index < -0.39 is 12.0 Å². The molecular formula is C17H23N3O4S. The Balaban J connectivity index is 1.73. The van der Waals surface area contributed by atoms with Crippen molar-refractivity contribution in [3.05, 3.63) is 22.4 Å². The first kappa shape index (κ1) is 17.9. The van der Waals surface area contributed by atoms with E-state index in [4.69, 9.17) is 4.74 Å². The number of thiophene rings is 1. The molecule has 0 unspecified atom stereocenters. The number of esters is 1. The van der Waals surface area contributed by atoms with Crippen molar-refractivity contribution in [1.82, 2.24) is 15.1 Å². The van der Waals surface area contributed by atoms with E-state index in [9.17, 15) is 14.4 Å². The predicted molar refractivity (Wildman–Crippen MR) is 93.3 cm³/mol. The third-order valence-corrected chi connectivity index (χ3v) is 5.70. The molecular weight excluding hydrogens is 342 g/mol. The maximum atomic E-state index is 12.9. The lowest BCUT2D eigenvalue weighted by Crippen LogP contribution is -2.61. The fraction of sp³-hybridized carbons (Fsp3) is 0.588. The summed E-state index contributed by atoms with van der Waals surface area (Å²) in [4.78, 5) is 41.6. The first-order valence-corrected chi connectivity index (χ1v) is 9.41. The van der Waals surface area contributed by atoms with E-state index in [0.717, 1.165) is 25.9 Å². The number of hydrogen-bond acceptors (Lipinski definition) is 6. The summed E-state index contributed by atoms with van der Waals surface area (Å²) in [6.07, 6.45) is 1.56. The summed E-state index contributed by atoms with van der Waals surface area (Å²) in [5, 5.41) is 5.09. The van der Waals surface area contributed by atoms with Gasteiger partial charge in [-0.3, -0.25) is 9.59 Å². The summed E-state index contributed by atoms with van der Waals surface area (Å²) >= 11 is 1.38. The Morgan fingerprint density at radius 1 is 1.24 bits per heavy atom. The Morgan fingerprint density at radius 2 is 2.00 bits per heavy atom. The van der Waals surface area contributed by atoms with Gasteiger partial charge in [-0.2, -0.15) is 0 Å². The molecule has 2 aliphatic rings. The van der Waals surface area contributed by atoms with E-state index in [2.05, 4.69) is 5.32 Å². The van der Waals surface area contributed by atoms with Gasteiger partial charge in [0.2, 0.25) is 5.91 Å². The number of methoxy groups -OCH3 is 1. The molecule has 0 bridgehead atoms. The molecule has 0 radical (unpaired) electrons. The second-order valence-corrected chi connectivity index (χ2v) is 7.27. The zero-order valence-electron chi connectivity index (χ0n) is 14.3. The Hall–Kier alpha value is -1.93. The summed E-state index contributed by atoms with van der Waals surface area (Å²) in [6, 6.07) is 2.87. The van der Waals surface area contributed by atoms with E-state index in [1.165, 1.54) is 18.4 Å². The third-order valence-electron chi connectivity index (χ3n) is 4.84. The minimum absolute atomic E-state index is 0.000114. The molecule has 3 rings (SSSR count). The number of ether oxygens (including phenoxy) is 1. The molecule has 0 saturated carbocycles. The number of amides is 2. The Kier molecular flexibility index (Phi) is 5.70. The Morgan fingerprint density at radius 3 is 2.64 bits per heavy atom. The number of piperidine rings is 1. The van der Waals surface area contributed by atoms with Crippen LogP contribution in [0.1, 0.15) is 22.5 Å². The Labute approximate surface area is 150 Å². The van der Waals surface area contributed by atoms with Crippen LogP contribution in [-0.2, 0) is 14.3 Å². The third kappa shape index (κ3) is 3.85. The van der Waals surface area contributed by atoms with Crippen LogP contribution >= 0.6 is 11.3 Å². The largest absolute Gasteiger partial charge is 0.467 e. The van der Waals surface area contributed by atoms with E-state index in [0.29, 0.717) is 18.0 Å². The van der Waals surface area contributed by atoms with Gasteiger partial charge < -0.3 is 19.9 Å². The first-order valence-electron chi connectivity index (χ1n) is 8.53. The lowest BCUT2D eigenvalue weighted by molar-refractivity contribution is -0.157. The average molecular weight is 365 g/mol. The van der Waals surface area contributed by atoms with E-state index >= 15 is 0 Å². The van der Waals surface area contributed by atoms with Gasteiger partial charge >= 0.3 is 5.97 Å². The zero-order chi connectivity index (χ0) is 17.8. The molecule has 7 nitrogen and oxygen atoms in total. The molecule has 3 heterocycles. The molecule has 8 heteroatoms. The van der Waals surface area contributed by atoms with E-state index in [1.807, 2.05) is 11.4 Å². The molecule has 2 amide bonds. The smallest absolute Gasteiger partial charge is 0.330 e. The fourth-order valence-electron chi connectivity index (χ4n) is 3.43.